The minimum absolute atomic E-state index is 0.124. The Kier molecular flexibility index (Phi) is 3.07. The van der Waals surface area contributed by atoms with Gasteiger partial charge in [-0.2, -0.15) is 0 Å². The van der Waals surface area contributed by atoms with E-state index in [9.17, 15) is 17.2 Å². The number of anilines is 1. The number of hydrogen-bond donors (Lipinski definition) is 1. The molecule has 6 heteroatoms. The van der Waals surface area contributed by atoms with Gasteiger partial charge >= 0.3 is 0 Å². The number of nitrogen functional groups attached to an aromatic ring is 1. The minimum atomic E-state index is -3.90. The Morgan fingerprint density at radius 3 is 2.24 bits per heavy atom. The quantitative estimate of drug-likeness (QED) is 0.844. The average Bonchev–Trinajstić information content (AvgIpc) is 2.95. The number of nitrogens with two attached hydrogens (primary N) is 1. The molecule has 1 aromatic rings. The van der Waals surface area contributed by atoms with Crippen molar-refractivity contribution >= 4 is 15.5 Å². The first-order valence-corrected chi connectivity index (χ1v) is 7.02. The number of benzene rings is 1. The zero-order valence-electron chi connectivity index (χ0n) is 9.12. The first kappa shape index (κ1) is 12.3. The average molecular weight is 261 g/mol. The molecule has 0 aliphatic heterocycles. The third kappa shape index (κ3) is 2.74. The lowest BCUT2D eigenvalue weighted by Gasteiger charge is -2.07. The Bertz CT molecular complexity index is 515. The van der Waals surface area contributed by atoms with Crippen molar-refractivity contribution in [1.29, 1.82) is 0 Å². The lowest BCUT2D eigenvalue weighted by Crippen LogP contribution is -2.12. The molecule has 1 saturated carbocycles. The van der Waals surface area contributed by atoms with E-state index in [1.807, 2.05) is 0 Å². The smallest absolute Gasteiger partial charge is 0.184 e. The van der Waals surface area contributed by atoms with Crippen molar-refractivity contribution < 1.29 is 17.2 Å². The first-order chi connectivity index (χ1) is 7.90. The number of halogens is 2. The van der Waals surface area contributed by atoms with Gasteiger partial charge in [-0.1, -0.05) is 12.8 Å². The largest absolute Gasteiger partial charge is 0.399 e. The molecule has 0 bridgehead atoms. The van der Waals surface area contributed by atoms with Gasteiger partial charge in [-0.15, -0.1) is 0 Å². The van der Waals surface area contributed by atoms with E-state index in [4.69, 9.17) is 5.73 Å². The van der Waals surface area contributed by atoms with Crippen LogP contribution in [0.3, 0.4) is 0 Å². The van der Waals surface area contributed by atoms with Crippen LogP contribution in [0.15, 0.2) is 17.0 Å². The standard InChI is InChI=1S/C11H13F2NO2S/c12-9-5-8(14)6-10(13)11(9)17(15,16)4-3-7-1-2-7/h5-7H,1-4,14H2. The summed E-state index contributed by atoms with van der Waals surface area (Å²) in [7, 11) is -3.90. The summed E-state index contributed by atoms with van der Waals surface area (Å²) in [4.78, 5) is -0.854. The summed E-state index contributed by atoms with van der Waals surface area (Å²) in [5, 5.41) is 0. The fourth-order valence-corrected chi connectivity index (χ4v) is 3.27. The van der Waals surface area contributed by atoms with Crippen molar-refractivity contribution in [2.45, 2.75) is 24.2 Å². The molecule has 1 aromatic carbocycles. The number of sulfone groups is 1. The normalized spacial score (nSPS) is 16.1. The molecule has 2 rings (SSSR count). The second-order valence-electron chi connectivity index (χ2n) is 4.36. The third-order valence-corrected chi connectivity index (χ3v) is 4.61. The fraction of sp³-hybridized carbons (Fsp3) is 0.455. The maximum absolute atomic E-state index is 13.4. The van der Waals surface area contributed by atoms with Crippen LogP contribution in [0.5, 0.6) is 0 Å². The summed E-state index contributed by atoms with van der Waals surface area (Å²) in [6.07, 6.45) is 2.47. The summed E-state index contributed by atoms with van der Waals surface area (Å²) < 4.78 is 50.5. The Labute approximate surface area is 98.5 Å². The second kappa shape index (κ2) is 4.25. The lowest BCUT2D eigenvalue weighted by atomic mass is 10.3. The summed E-state index contributed by atoms with van der Waals surface area (Å²) >= 11 is 0. The van der Waals surface area contributed by atoms with E-state index in [2.05, 4.69) is 0 Å². The molecule has 0 unspecified atom stereocenters. The van der Waals surface area contributed by atoms with E-state index < -0.39 is 26.4 Å². The van der Waals surface area contributed by atoms with Crippen molar-refractivity contribution in [1.82, 2.24) is 0 Å². The summed E-state index contributed by atoms with van der Waals surface area (Å²) in [5.41, 5.74) is 5.11. The van der Waals surface area contributed by atoms with E-state index in [0.29, 0.717) is 12.3 Å². The molecule has 0 spiro atoms. The van der Waals surface area contributed by atoms with Crippen LogP contribution in [0.1, 0.15) is 19.3 Å². The first-order valence-electron chi connectivity index (χ1n) is 5.37. The third-order valence-electron chi connectivity index (χ3n) is 2.82. The van der Waals surface area contributed by atoms with Crippen LogP contribution in [-0.2, 0) is 9.84 Å². The van der Waals surface area contributed by atoms with Crippen LogP contribution in [0.2, 0.25) is 0 Å². The zero-order valence-corrected chi connectivity index (χ0v) is 9.93. The van der Waals surface area contributed by atoms with Crippen LogP contribution >= 0.6 is 0 Å². The number of rotatable bonds is 4. The molecule has 0 aromatic heterocycles. The van der Waals surface area contributed by atoms with E-state index in [0.717, 1.165) is 25.0 Å². The molecule has 2 N–H and O–H groups in total. The van der Waals surface area contributed by atoms with Crippen LogP contribution in [-0.4, -0.2) is 14.2 Å². The van der Waals surface area contributed by atoms with Gasteiger partial charge in [-0.3, -0.25) is 0 Å². The van der Waals surface area contributed by atoms with E-state index in [1.54, 1.807) is 0 Å². The highest BCUT2D eigenvalue weighted by Gasteiger charge is 2.28. The predicted octanol–water partition coefficient (Wildman–Crippen LogP) is 2.12. The van der Waals surface area contributed by atoms with Crippen molar-refractivity contribution in [3.63, 3.8) is 0 Å². The fourth-order valence-electron chi connectivity index (χ4n) is 1.71. The topological polar surface area (TPSA) is 60.2 Å². The van der Waals surface area contributed by atoms with E-state index in [1.165, 1.54) is 0 Å². The maximum atomic E-state index is 13.4. The van der Waals surface area contributed by atoms with Crippen molar-refractivity contribution in [2.75, 3.05) is 11.5 Å². The lowest BCUT2D eigenvalue weighted by molar-refractivity contribution is 0.518. The molecule has 0 saturated heterocycles. The molecular formula is C11H13F2NO2S. The van der Waals surface area contributed by atoms with E-state index in [-0.39, 0.29) is 11.4 Å². The number of hydrogen-bond acceptors (Lipinski definition) is 3. The Balaban J connectivity index is 2.31. The highest BCUT2D eigenvalue weighted by Crippen LogP contribution is 2.34. The molecule has 94 valence electrons. The SMILES string of the molecule is Nc1cc(F)c(S(=O)(=O)CCC2CC2)c(F)c1. The van der Waals surface area contributed by atoms with Gasteiger partial charge in [0.1, 0.15) is 16.5 Å². The van der Waals surface area contributed by atoms with Gasteiger partial charge in [0.15, 0.2) is 9.84 Å². The summed E-state index contributed by atoms with van der Waals surface area (Å²) in [6, 6.07) is 1.65. The molecule has 17 heavy (non-hydrogen) atoms. The predicted molar refractivity (Wildman–Crippen MR) is 60.2 cm³/mol. The molecule has 1 fully saturated rings. The Morgan fingerprint density at radius 2 is 1.76 bits per heavy atom. The van der Waals surface area contributed by atoms with Crippen LogP contribution in [0.25, 0.3) is 0 Å². The van der Waals surface area contributed by atoms with Crippen molar-refractivity contribution in [3.05, 3.63) is 23.8 Å². The van der Waals surface area contributed by atoms with Gasteiger partial charge in [0.25, 0.3) is 0 Å². The molecule has 1 aliphatic rings. The molecule has 0 amide bonds. The van der Waals surface area contributed by atoms with Crippen molar-refractivity contribution in [2.24, 2.45) is 5.92 Å². The Morgan fingerprint density at radius 1 is 1.24 bits per heavy atom. The van der Waals surface area contributed by atoms with Gasteiger partial charge in [-0.25, -0.2) is 17.2 Å². The van der Waals surface area contributed by atoms with Gasteiger partial charge in [0.2, 0.25) is 0 Å². The van der Waals surface area contributed by atoms with Gasteiger partial charge in [-0.05, 0) is 24.5 Å². The van der Waals surface area contributed by atoms with Crippen molar-refractivity contribution in [3.8, 4) is 0 Å². The molecule has 0 radical (unpaired) electrons. The Hall–Kier alpha value is -1.17. The summed E-state index contributed by atoms with van der Waals surface area (Å²) in [6.45, 7) is 0. The summed E-state index contributed by atoms with van der Waals surface area (Å²) in [5.74, 6) is -2.05. The highest BCUT2D eigenvalue weighted by molar-refractivity contribution is 7.91. The molecule has 0 heterocycles. The van der Waals surface area contributed by atoms with E-state index >= 15 is 0 Å². The zero-order chi connectivity index (χ0) is 12.6. The molecule has 0 atom stereocenters. The highest BCUT2D eigenvalue weighted by atomic mass is 32.2. The second-order valence-corrected chi connectivity index (χ2v) is 6.41. The van der Waals surface area contributed by atoms with Crippen LogP contribution < -0.4 is 5.73 Å². The molecular weight excluding hydrogens is 248 g/mol. The molecule has 3 nitrogen and oxygen atoms in total. The minimum Gasteiger partial charge on any atom is -0.399 e. The molecule has 1 aliphatic carbocycles. The van der Waals surface area contributed by atoms with Crippen LogP contribution in [0, 0.1) is 17.6 Å². The van der Waals surface area contributed by atoms with Crippen LogP contribution in [0.4, 0.5) is 14.5 Å². The monoisotopic (exact) mass is 261 g/mol. The van der Waals surface area contributed by atoms with Gasteiger partial charge in [0.05, 0.1) is 5.75 Å². The van der Waals surface area contributed by atoms with Gasteiger partial charge in [0, 0.05) is 5.69 Å². The maximum Gasteiger partial charge on any atom is 0.184 e. The van der Waals surface area contributed by atoms with Gasteiger partial charge < -0.3 is 5.73 Å².